The number of aliphatic carboxylic acids is 1. The van der Waals surface area contributed by atoms with Crippen LogP contribution in [0.4, 0.5) is 22.0 Å². The van der Waals surface area contributed by atoms with E-state index in [1.165, 1.54) is 0 Å². The zero-order valence-corrected chi connectivity index (χ0v) is 9.91. The smallest absolute Gasteiger partial charge is 0.375 e. The maximum atomic E-state index is 14.0. The first-order chi connectivity index (χ1) is 9.06. The van der Waals surface area contributed by atoms with E-state index in [2.05, 4.69) is 0 Å². The van der Waals surface area contributed by atoms with Gasteiger partial charge in [0, 0.05) is 6.92 Å². The summed E-state index contributed by atoms with van der Waals surface area (Å²) in [6.45, 7) is 0.342. The van der Waals surface area contributed by atoms with Crippen molar-refractivity contribution in [1.82, 2.24) is 5.12 Å². The summed E-state index contributed by atoms with van der Waals surface area (Å²) in [6.07, 6.45) is 0. The van der Waals surface area contributed by atoms with Crippen molar-refractivity contribution in [2.45, 2.75) is 18.6 Å². The standard InChI is InChI=1S/C11H8F5NO3/c1-6(18)17(16)11(15,9(19)20)10(13,14)7-4-2-3-5-8(7)12/h2-5H,1H3,(H,19,20)/t11-/m1/s1. The minimum atomic E-state index is -5.15. The topological polar surface area (TPSA) is 57.6 Å². The van der Waals surface area contributed by atoms with Crippen LogP contribution in [0, 0.1) is 5.82 Å². The Kier molecular flexibility index (Phi) is 4.02. The second kappa shape index (κ2) is 5.06. The number of benzene rings is 1. The van der Waals surface area contributed by atoms with Crippen LogP contribution in [0.3, 0.4) is 0 Å². The van der Waals surface area contributed by atoms with Crippen LogP contribution in [0.15, 0.2) is 24.3 Å². The largest absolute Gasteiger partial charge is 0.477 e. The van der Waals surface area contributed by atoms with E-state index in [1.54, 1.807) is 0 Å². The van der Waals surface area contributed by atoms with Crippen molar-refractivity contribution in [3.63, 3.8) is 0 Å². The monoisotopic (exact) mass is 297 g/mol. The highest BCUT2D eigenvalue weighted by molar-refractivity contribution is 5.85. The molecular formula is C11H8F5NO3. The number of rotatable bonds is 4. The Morgan fingerprint density at radius 1 is 1.20 bits per heavy atom. The summed E-state index contributed by atoms with van der Waals surface area (Å²) in [5.74, 6) is -16.7. The molecule has 0 aliphatic carbocycles. The lowest BCUT2D eigenvalue weighted by Gasteiger charge is -2.33. The summed E-state index contributed by atoms with van der Waals surface area (Å²) in [5.41, 5.74) is -1.69. The molecule has 0 heterocycles. The summed E-state index contributed by atoms with van der Waals surface area (Å²) >= 11 is 0. The Labute approximate surface area is 109 Å². The molecule has 0 aliphatic rings. The highest BCUT2D eigenvalue weighted by Gasteiger charge is 2.68. The summed E-state index contributed by atoms with van der Waals surface area (Å²) in [5, 5.41) is 6.75. The molecule has 9 heteroatoms. The molecule has 0 fully saturated rings. The van der Waals surface area contributed by atoms with Crippen LogP contribution < -0.4 is 0 Å². The van der Waals surface area contributed by atoms with E-state index >= 15 is 0 Å². The van der Waals surface area contributed by atoms with Gasteiger partial charge in [0.2, 0.25) is 0 Å². The fourth-order valence-corrected chi connectivity index (χ4v) is 1.45. The molecular weight excluding hydrogens is 289 g/mol. The summed E-state index contributed by atoms with van der Waals surface area (Å²) in [4.78, 5) is 21.4. The third-order valence-electron chi connectivity index (χ3n) is 2.46. The maximum Gasteiger partial charge on any atom is 0.375 e. The highest BCUT2D eigenvalue weighted by atomic mass is 19.3. The number of carboxylic acids is 1. The molecule has 0 aromatic heterocycles. The van der Waals surface area contributed by atoms with Crippen molar-refractivity contribution in [2.75, 3.05) is 0 Å². The molecule has 0 bridgehead atoms. The van der Waals surface area contributed by atoms with Gasteiger partial charge in [-0.1, -0.05) is 16.6 Å². The third-order valence-corrected chi connectivity index (χ3v) is 2.46. The lowest BCUT2D eigenvalue weighted by molar-refractivity contribution is -0.267. The quantitative estimate of drug-likeness (QED) is 0.527. The van der Waals surface area contributed by atoms with Gasteiger partial charge < -0.3 is 5.11 Å². The van der Waals surface area contributed by atoms with E-state index in [0.29, 0.717) is 19.1 Å². The molecule has 110 valence electrons. The Morgan fingerprint density at radius 2 is 1.70 bits per heavy atom. The average Bonchev–Trinajstić information content (AvgIpc) is 2.36. The van der Waals surface area contributed by atoms with Gasteiger partial charge in [-0.2, -0.15) is 13.2 Å². The molecule has 0 saturated carbocycles. The molecule has 20 heavy (non-hydrogen) atoms. The van der Waals surface area contributed by atoms with Gasteiger partial charge in [0.25, 0.3) is 5.91 Å². The molecule has 0 saturated heterocycles. The first kappa shape index (κ1) is 15.9. The average molecular weight is 297 g/mol. The Balaban J connectivity index is 3.52. The summed E-state index contributed by atoms with van der Waals surface area (Å²) in [7, 11) is 0. The molecule has 0 aliphatic heterocycles. The van der Waals surface area contributed by atoms with E-state index in [1.807, 2.05) is 0 Å². The number of alkyl halides is 3. The SMILES string of the molecule is CC(=O)N(F)[C@](F)(C(=O)O)C(F)(F)c1ccccc1F. The van der Waals surface area contributed by atoms with Gasteiger partial charge in [0.05, 0.1) is 5.56 Å². The van der Waals surface area contributed by atoms with Crippen molar-refractivity contribution < 1.29 is 36.7 Å². The van der Waals surface area contributed by atoms with E-state index < -0.39 is 40.1 Å². The predicted molar refractivity (Wildman–Crippen MR) is 55.4 cm³/mol. The molecule has 1 aromatic carbocycles. The van der Waals surface area contributed by atoms with Gasteiger partial charge >= 0.3 is 17.7 Å². The first-order valence-corrected chi connectivity index (χ1v) is 5.08. The Morgan fingerprint density at radius 3 is 2.10 bits per heavy atom. The van der Waals surface area contributed by atoms with E-state index in [-0.39, 0.29) is 0 Å². The number of carboxylic acid groups (broad SMARTS) is 1. The van der Waals surface area contributed by atoms with Gasteiger partial charge in [-0.3, -0.25) is 4.79 Å². The predicted octanol–water partition coefficient (Wildman–Crippen LogP) is 2.40. The fourth-order valence-electron chi connectivity index (χ4n) is 1.45. The van der Waals surface area contributed by atoms with Crippen LogP contribution >= 0.6 is 0 Å². The Bertz CT molecular complexity index is 551. The van der Waals surface area contributed by atoms with Crippen molar-refractivity contribution >= 4 is 11.9 Å². The number of carbonyl (C=O) groups excluding carboxylic acids is 1. The number of halogens is 5. The van der Waals surface area contributed by atoms with Crippen LogP contribution in [0.25, 0.3) is 0 Å². The third kappa shape index (κ3) is 2.19. The van der Waals surface area contributed by atoms with Gasteiger partial charge in [-0.15, -0.1) is 5.12 Å². The molecule has 1 aromatic rings. The second-order valence-corrected chi connectivity index (χ2v) is 3.78. The number of nitrogens with zero attached hydrogens (tertiary/aromatic N) is 1. The lowest BCUT2D eigenvalue weighted by atomic mass is 9.97. The van der Waals surface area contributed by atoms with Crippen LogP contribution in [0.2, 0.25) is 0 Å². The molecule has 1 atom stereocenters. The summed E-state index contributed by atoms with van der Waals surface area (Å²) < 4.78 is 68.4. The molecule has 1 rings (SSSR count). The minimum Gasteiger partial charge on any atom is -0.477 e. The van der Waals surface area contributed by atoms with Crippen molar-refractivity contribution in [3.05, 3.63) is 35.6 Å². The normalized spacial score (nSPS) is 14.5. The molecule has 0 spiro atoms. The molecule has 4 nitrogen and oxygen atoms in total. The molecule has 0 unspecified atom stereocenters. The number of carbonyl (C=O) groups is 2. The zero-order valence-electron chi connectivity index (χ0n) is 9.91. The maximum absolute atomic E-state index is 14.0. The van der Waals surface area contributed by atoms with Gasteiger partial charge in [-0.25, -0.2) is 9.18 Å². The first-order valence-electron chi connectivity index (χ1n) is 5.08. The number of amides is 1. The van der Waals surface area contributed by atoms with E-state index in [4.69, 9.17) is 5.11 Å². The molecule has 0 radical (unpaired) electrons. The Hall–Kier alpha value is -2.19. The summed E-state index contributed by atoms with van der Waals surface area (Å²) in [6, 6.07) is 2.78. The number of hydrogen-bond acceptors (Lipinski definition) is 2. The van der Waals surface area contributed by atoms with Crippen LogP contribution in [-0.4, -0.2) is 27.9 Å². The molecule has 1 amide bonds. The zero-order chi connectivity index (χ0) is 15.7. The van der Waals surface area contributed by atoms with Gasteiger partial charge in [0.15, 0.2) is 0 Å². The second-order valence-electron chi connectivity index (χ2n) is 3.78. The minimum absolute atomic E-state index is 0.342. The van der Waals surface area contributed by atoms with Gasteiger partial charge in [0.1, 0.15) is 5.82 Å². The molecule has 1 N–H and O–H groups in total. The van der Waals surface area contributed by atoms with Crippen LogP contribution in [0.1, 0.15) is 12.5 Å². The fraction of sp³-hybridized carbons (Fsp3) is 0.273. The van der Waals surface area contributed by atoms with Gasteiger partial charge in [-0.05, 0) is 12.1 Å². The van der Waals surface area contributed by atoms with Crippen LogP contribution in [0.5, 0.6) is 0 Å². The lowest BCUT2D eigenvalue weighted by Crippen LogP contribution is -2.59. The van der Waals surface area contributed by atoms with E-state index in [0.717, 1.165) is 12.1 Å². The van der Waals surface area contributed by atoms with Crippen LogP contribution in [-0.2, 0) is 15.5 Å². The van der Waals surface area contributed by atoms with Crippen molar-refractivity contribution in [1.29, 1.82) is 0 Å². The van der Waals surface area contributed by atoms with Crippen molar-refractivity contribution in [3.8, 4) is 0 Å². The highest BCUT2D eigenvalue weighted by Crippen LogP contribution is 2.45. The van der Waals surface area contributed by atoms with Crippen molar-refractivity contribution in [2.24, 2.45) is 0 Å². The van der Waals surface area contributed by atoms with E-state index in [9.17, 15) is 31.6 Å². The number of hydrogen-bond donors (Lipinski definition) is 1.